The van der Waals surface area contributed by atoms with Crippen molar-refractivity contribution in [3.8, 4) is 5.75 Å². The van der Waals surface area contributed by atoms with Crippen molar-refractivity contribution in [2.45, 2.75) is 13.2 Å². The van der Waals surface area contributed by atoms with Gasteiger partial charge in [0.2, 0.25) is 0 Å². The highest BCUT2D eigenvalue weighted by molar-refractivity contribution is 14.1. The molecular formula is C14H12FIO2. The van der Waals surface area contributed by atoms with Crippen LogP contribution >= 0.6 is 22.6 Å². The molecule has 0 aliphatic rings. The van der Waals surface area contributed by atoms with Crippen molar-refractivity contribution in [2.75, 3.05) is 0 Å². The van der Waals surface area contributed by atoms with E-state index >= 15 is 0 Å². The van der Waals surface area contributed by atoms with Crippen LogP contribution in [0.2, 0.25) is 0 Å². The molecule has 0 amide bonds. The van der Waals surface area contributed by atoms with E-state index in [1.165, 1.54) is 12.1 Å². The molecule has 0 aliphatic carbocycles. The summed E-state index contributed by atoms with van der Waals surface area (Å²) in [4.78, 5) is 0. The lowest BCUT2D eigenvalue weighted by atomic mass is 10.2. The summed E-state index contributed by atoms with van der Waals surface area (Å²) in [6.07, 6.45) is 0. The largest absolute Gasteiger partial charge is 0.489 e. The van der Waals surface area contributed by atoms with Gasteiger partial charge in [0.15, 0.2) is 0 Å². The van der Waals surface area contributed by atoms with Gasteiger partial charge in [-0.3, -0.25) is 0 Å². The Morgan fingerprint density at radius 1 is 1.06 bits per heavy atom. The second kappa shape index (κ2) is 6.15. The van der Waals surface area contributed by atoms with Gasteiger partial charge in [0.25, 0.3) is 0 Å². The molecule has 0 unspecified atom stereocenters. The Bertz CT molecular complexity index is 526. The first-order chi connectivity index (χ1) is 8.67. The van der Waals surface area contributed by atoms with E-state index in [4.69, 9.17) is 9.84 Å². The molecule has 0 aliphatic heterocycles. The first kappa shape index (κ1) is 13.3. The third-order valence-electron chi connectivity index (χ3n) is 2.43. The predicted octanol–water partition coefficient (Wildman–Crippen LogP) is 3.50. The van der Waals surface area contributed by atoms with Gasteiger partial charge in [-0.15, -0.1) is 0 Å². The lowest BCUT2D eigenvalue weighted by Crippen LogP contribution is -1.97. The van der Waals surface area contributed by atoms with E-state index in [0.717, 1.165) is 9.13 Å². The zero-order chi connectivity index (χ0) is 13.0. The molecule has 0 fully saturated rings. The average molecular weight is 358 g/mol. The van der Waals surface area contributed by atoms with Gasteiger partial charge in [0.05, 0.1) is 6.61 Å². The molecule has 0 atom stereocenters. The van der Waals surface area contributed by atoms with Crippen molar-refractivity contribution in [1.29, 1.82) is 0 Å². The Morgan fingerprint density at radius 3 is 2.44 bits per heavy atom. The Hall–Kier alpha value is -1.14. The third-order valence-corrected chi connectivity index (χ3v) is 3.15. The Kier molecular flexibility index (Phi) is 4.54. The number of aliphatic hydroxyl groups is 1. The van der Waals surface area contributed by atoms with E-state index in [9.17, 15) is 4.39 Å². The van der Waals surface area contributed by atoms with E-state index in [0.29, 0.717) is 17.9 Å². The summed E-state index contributed by atoms with van der Waals surface area (Å²) in [6.45, 7) is 0.183. The summed E-state index contributed by atoms with van der Waals surface area (Å²) in [6, 6.07) is 12.1. The van der Waals surface area contributed by atoms with Crippen molar-refractivity contribution in [2.24, 2.45) is 0 Å². The summed E-state index contributed by atoms with van der Waals surface area (Å²) in [5, 5.41) is 8.98. The van der Waals surface area contributed by atoms with Gasteiger partial charge in [0.1, 0.15) is 18.2 Å². The van der Waals surface area contributed by atoms with Gasteiger partial charge in [-0.1, -0.05) is 12.1 Å². The highest BCUT2D eigenvalue weighted by Crippen LogP contribution is 2.18. The minimum atomic E-state index is -0.404. The molecule has 4 heteroatoms. The molecule has 0 heterocycles. The fraction of sp³-hybridized carbons (Fsp3) is 0.143. The van der Waals surface area contributed by atoms with Crippen molar-refractivity contribution in [1.82, 2.24) is 0 Å². The molecular weight excluding hydrogens is 346 g/mol. The minimum absolute atomic E-state index is 0.197. The standard InChI is InChI=1S/C14H12FIO2/c15-12-5-11(8-17)6-14(7-12)18-9-10-1-3-13(16)4-2-10/h1-7,17H,8-9H2. The molecule has 0 spiro atoms. The molecule has 18 heavy (non-hydrogen) atoms. The van der Waals surface area contributed by atoms with Crippen molar-refractivity contribution in [3.63, 3.8) is 0 Å². The van der Waals surface area contributed by atoms with Gasteiger partial charge < -0.3 is 9.84 Å². The third kappa shape index (κ3) is 3.68. The van der Waals surface area contributed by atoms with Crippen LogP contribution in [0.15, 0.2) is 42.5 Å². The number of rotatable bonds is 4. The monoisotopic (exact) mass is 358 g/mol. The number of hydrogen-bond donors (Lipinski definition) is 1. The van der Waals surface area contributed by atoms with Gasteiger partial charge in [-0.25, -0.2) is 4.39 Å². The lowest BCUT2D eigenvalue weighted by molar-refractivity contribution is 0.276. The molecule has 0 radical (unpaired) electrons. The molecule has 2 aromatic carbocycles. The molecule has 1 N–H and O–H groups in total. The first-order valence-corrected chi connectivity index (χ1v) is 6.53. The van der Waals surface area contributed by atoms with E-state index in [1.807, 2.05) is 24.3 Å². The van der Waals surface area contributed by atoms with Crippen molar-refractivity contribution in [3.05, 3.63) is 63.0 Å². The van der Waals surface area contributed by atoms with E-state index in [1.54, 1.807) is 6.07 Å². The van der Waals surface area contributed by atoms with Gasteiger partial charge in [-0.2, -0.15) is 0 Å². The highest BCUT2D eigenvalue weighted by atomic mass is 127. The molecule has 0 bridgehead atoms. The molecule has 0 saturated heterocycles. The van der Waals surface area contributed by atoms with E-state index < -0.39 is 5.82 Å². The molecule has 94 valence electrons. The van der Waals surface area contributed by atoms with Crippen LogP contribution < -0.4 is 4.74 Å². The summed E-state index contributed by atoms with van der Waals surface area (Å²) in [5.74, 6) is 0.0248. The SMILES string of the molecule is OCc1cc(F)cc(OCc2ccc(I)cc2)c1. The summed E-state index contributed by atoms with van der Waals surface area (Å²) >= 11 is 2.23. The second-order valence-electron chi connectivity index (χ2n) is 3.87. The molecule has 0 aromatic heterocycles. The van der Waals surface area contributed by atoms with Gasteiger partial charge in [-0.05, 0) is 58.0 Å². The zero-order valence-electron chi connectivity index (χ0n) is 9.57. The first-order valence-electron chi connectivity index (χ1n) is 5.45. The molecule has 2 aromatic rings. The highest BCUT2D eigenvalue weighted by Gasteiger charge is 2.02. The maximum absolute atomic E-state index is 13.2. The fourth-order valence-electron chi connectivity index (χ4n) is 1.54. The predicted molar refractivity (Wildman–Crippen MR) is 75.8 cm³/mol. The van der Waals surface area contributed by atoms with Crippen molar-refractivity contribution < 1.29 is 14.2 Å². The van der Waals surface area contributed by atoms with Crippen LogP contribution in [-0.4, -0.2) is 5.11 Å². The fourth-order valence-corrected chi connectivity index (χ4v) is 1.90. The number of ether oxygens (including phenoxy) is 1. The number of halogens is 2. The van der Waals surface area contributed by atoms with E-state index in [2.05, 4.69) is 22.6 Å². The molecule has 0 saturated carbocycles. The normalized spacial score (nSPS) is 10.4. The number of benzene rings is 2. The van der Waals surface area contributed by atoms with Crippen LogP contribution in [0.4, 0.5) is 4.39 Å². The Balaban J connectivity index is 2.05. The van der Waals surface area contributed by atoms with Crippen molar-refractivity contribution >= 4 is 22.6 Å². The van der Waals surface area contributed by atoms with Crippen LogP contribution in [0, 0.1) is 9.39 Å². The second-order valence-corrected chi connectivity index (χ2v) is 5.11. The van der Waals surface area contributed by atoms with Crippen LogP contribution in [0.5, 0.6) is 5.75 Å². The Morgan fingerprint density at radius 2 is 1.78 bits per heavy atom. The van der Waals surface area contributed by atoms with Crippen LogP contribution in [-0.2, 0) is 13.2 Å². The lowest BCUT2D eigenvalue weighted by Gasteiger charge is -2.08. The molecule has 2 rings (SSSR count). The molecule has 2 nitrogen and oxygen atoms in total. The maximum atomic E-state index is 13.2. The maximum Gasteiger partial charge on any atom is 0.127 e. The van der Waals surface area contributed by atoms with Gasteiger partial charge in [0, 0.05) is 9.64 Å². The number of aliphatic hydroxyl groups excluding tert-OH is 1. The average Bonchev–Trinajstić information content (AvgIpc) is 2.37. The number of hydrogen-bond acceptors (Lipinski definition) is 2. The summed E-state index contributed by atoms with van der Waals surface area (Å²) in [5.41, 5.74) is 1.53. The minimum Gasteiger partial charge on any atom is -0.489 e. The smallest absolute Gasteiger partial charge is 0.127 e. The summed E-state index contributed by atoms with van der Waals surface area (Å²) in [7, 11) is 0. The topological polar surface area (TPSA) is 29.5 Å². The van der Waals surface area contributed by atoms with Gasteiger partial charge >= 0.3 is 0 Å². The Labute approximate surface area is 119 Å². The zero-order valence-corrected chi connectivity index (χ0v) is 11.7. The van der Waals surface area contributed by atoms with Crippen LogP contribution in [0.1, 0.15) is 11.1 Å². The quantitative estimate of drug-likeness (QED) is 0.848. The van der Waals surface area contributed by atoms with E-state index in [-0.39, 0.29) is 6.61 Å². The summed E-state index contributed by atoms with van der Waals surface area (Å²) < 4.78 is 19.9. The van der Waals surface area contributed by atoms with Crippen LogP contribution in [0.25, 0.3) is 0 Å². The van der Waals surface area contributed by atoms with Crippen LogP contribution in [0.3, 0.4) is 0 Å².